The summed E-state index contributed by atoms with van der Waals surface area (Å²) in [5.74, 6) is 3.40. The van der Waals surface area contributed by atoms with E-state index >= 15 is 0 Å². The third kappa shape index (κ3) is 1.27. The van der Waals surface area contributed by atoms with Crippen LogP contribution in [-0.4, -0.2) is 4.98 Å². The van der Waals surface area contributed by atoms with Gasteiger partial charge in [0.15, 0.2) is 0 Å². The highest BCUT2D eigenvalue weighted by Crippen LogP contribution is 2.46. The molecule has 2 rings (SSSR count). The molecular weight excluding hydrogens is 162 g/mol. The lowest BCUT2D eigenvalue weighted by Crippen LogP contribution is -1.74. The van der Waals surface area contributed by atoms with Gasteiger partial charge < -0.3 is 4.42 Å². The molecule has 2 unspecified atom stereocenters. The fourth-order valence-corrected chi connectivity index (χ4v) is 1.40. The molecule has 2 atom stereocenters. The third-order valence-electron chi connectivity index (χ3n) is 2.16. The predicted octanol–water partition coefficient (Wildman–Crippen LogP) is 2.54. The number of halogens is 1. The molecule has 2 nitrogen and oxygen atoms in total. The maximum absolute atomic E-state index is 5.55. The number of aromatic nitrogens is 1. The first kappa shape index (κ1) is 7.17. The zero-order chi connectivity index (χ0) is 7.84. The Hall–Kier alpha value is -0.500. The summed E-state index contributed by atoms with van der Waals surface area (Å²) in [7, 11) is 0. The Morgan fingerprint density at radius 3 is 3.00 bits per heavy atom. The summed E-state index contributed by atoms with van der Waals surface area (Å²) in [5, 5.41) is 0. The van der Waals surface area contributed by atoms with E-state index in [2.05, 4.69) is 11.9 Å². The van der Waals surface area contributed by atoms with E-state index in [4.69, 9.17) is 16.0 Å². The van der Waals surface area contributed by atoms with Gasteiger partial charge in [-0.1, -0.05) is 6.92 Å². The van der Waals surface area contributed by atoms with E-state index in [1.807, 2.05) is 0 Å². The minimum absolute atomic E-state index is 0.376. The summed E-state index contributed by atoms with van der Waals surface area (Å²) >= 11 is 5.55. The summed E-state index contributed by atoms with van der Waals surface area (Å²) < 4.78 is 5.38. The van der Waals surface area contributed by atoms with E-state index in [0.717, 1.165) is 11.7 Å². The molecule has 1 aliphatic carbocycles. The van der Waals surface area contributed by atoms with Crippen LogP contribution in [0.25, 0.3) is 0 Å². The lowest BCUT2D eigenvalue weighted by atomic mass is 10.3. The molecule has 1 saturated carbocycles. The van der Waals surface area contributed by atoms with Gasteiger partial charge in [-0.15, -0.1) is 11.6 Å². The second-order valence-electron chi connectivity index (χ2n) is 3.11. The second kappa shape index (κ2) is 2.52. The molecule has 0 radical (unpaired) electrons. The standard InChI is InChI=1S/C8H10ClNO/c1-5-2-6(5)7-4-10-8(3-9)11-7/h4-6H,2-3H2,1H3. The Morgan fingerprint density at radius 2 is 2.55 bits per heavy atom. The van der Waals surface area contributed by atoms with Crippen molar-refractivity contribution in [3.05, 3.63) is 17.8 Å². The Labute approximate surface area is 70.6 Å². The molecule has 1 heterocycles. The van der Waals surface area contributed by atoms with Crippen molar-refractivity contribution in [1.29, 1.82) is 0 Å². The Bertz CT molecular complexity index is 258. The zero-order valence-corrected chi connectivity index (χ0v) is 7.14. The Kier molecular flexibility index (Phi) is 1.64. The molecule has 1 fully saturated rings. The highest BCUT2D eigenvalue weighted by Gasteiger charge is 2.36. The van der Waals surface area contributed by atoms with Crippen molar-refractivity contribution in [3.8, 4) is 0 Å². The van der Waals surface area contributed by atoms with Crippen LogP contribution in [0.4, 0.5) is 0 Å². The highest BCUT2D eigenvalue weighted by atomic mass is 35.5. The summed E-state index contributed by atoms with van der Waals surface area (Å²) in [6, 6.07) is 0. The number of rotatable bonds is 2. The van der Waals surface area contributed by atoms with Gasteiger partial charge >= 0.3 is 0 Å². The van der Waals surface area contributed by atoms with Crippen LogP contribution in [0.3, 0.4) is 0 Å². The summed E-state index contributed by atoms with van der Waals surface area (Å²) in [5.41, 5.74) is 0. The minimum Gasteiger partial charge on any atom is -0.444 e. The molecule has 1 aromatic rings. The van der Waals surface area contributed by atoms with Gasteiger partial charge in [0.25, 0.3) is 0 Å². The minimum atomic E-state index is 0.376. The van der Waals surface area contributed by atoms with E-state index in [0.29, 0.717) is 17.7 Å². The van der Waals surface area contributed by atoms with Gasteiger partial charge in [0.1, 0.15) is 5.76 Å². The maximum atomic E-state index is 5.55. The predicted molar refractivity (Wildman–Crippen MR) is 42.6 cm³/mol. The Balaban J connectivity index is 2.13. The van der Waals surface area contributed by atoms with Crippen molar-refractivity contribution in [2.24, 2.45) is 5.92 Å². The van der Waals surface area contributed by atoms with Crippen molar-refractivity contribution in [2.75, 3.05) is 0 Å². The largest absolute Gasteiger partial charge is 0.444 e. The van der Waals surface area contributed by atoms with Gasteiger partial charge in [-0.3, -0.25) is 0 Å². The molecule has 3 heteroatoms. The Morgan fingerprint density at radius 1 is 1.82 bits per heavy atom. The molecule has 0 aliphatic heterocycles. The van der Waals surface area contributed by atoms with E-state index in [1.165, 1.54) is 6.42 Å². The molecule has 0 aromatic carbocycles. The number of oxazole rings is 1. The van der Waals surface area contributed by atoms with E-state index < -0.39 is 0 Å². The zero-order valence-electron chi connectivity index (χ0n) is 6.38. The lowest BCUT2D eigenvalue weighted by molar-refractivity contribution is 0.467. The lowest BCUT2D eigenvalue weighted by Gasteiger charge is -1.87. The van der Waals surface area contributed by atoms with Gasteiger partial charge in [-0.25, -0.2) is 4.98 Å². The molecule has 0 saturated heterocycles. The quantitative estimate of drug-likeness (QED) is 0.640. The van der Waals surface area contributed by atoms with Crippen LogP contribution in [0.1, 0.15) is 30.9 Å². The number of hydrogen-bond donors (Lipinski definition) is 0. The topological polar surface area (TPSA) is 26.0 Å². The number of nitrogens with zero attached hydrogens (tertiary/aromatic N) is 1. The second-order valence-corrected chi connectivity index (χ2v) is 3.38. The number of hydrogen-bond acceptors (Lipinski definition) is 2. The van der Waals surface area contributed by atoms with E-state index in [9.17, 15) is 0 Å². The normalized spacial score (nSPS) is 28.9. The van der Waals surface area contributed by atoms with Gasteiger partial charge in [0, 0.05) is 5.92 Å². The monoisotopic (exact) mass is 171 g/mol. The molecule has 60 valence electrons. The summed E-state index contributed by atoms with van der Waals surface area (Å²) in [6.45, 7) is 2.22. The average molecular weight is 172 g/mol. The van der Waals surface area contributed by atoms with Gasteiger partial charge in [0.2, 0.25) is 5.89 Å². The average Bonchev–Trinajstić information content (AvgIpc) is 2.59. The summed E-state index contributed by atoms with van der Waals surface area (Å²) in [4.78, 5) is 4.03. The van der Waals surface area contributed by atoms with Crippen molar-refractivity contribution in [2.45, 2.75) is 25.1 Å². The van der Waals surface area contributed by atoms with Crippen LogP contribution in [0.5, 0.6) is 0 Å². The van der Waals surface area contributed by atoms with Crippen LogP contribution >= 0.6 is 11.6 Å². The molecule has 1 aliphatic rings. The SMILES string of the molecule is CC1CC1c1cnc(CCl)o1. The highest BCUT2D eigenvalue weighted by molar-refractivity contribution is 6.16. The molecule has 0 amide bonds. The van der Waals surface area contributed by atoms with E-state index in [-0.39, 0.29) is 0 Å². The van der Waals surface area contributed by atoms with Crippen molar-refractivity contribution in [1.82, 2.24) is 4.98 Å². The first-order valence-corrected chi connectivity index (χ1v) is 4.35. The third-order valence-corrected chi connectivity index (χ3v) is 2.39. The molecule has 0 bridgehead atoms. The van der Waals surface area contributed by atoms with Crippen molar-refractivity contribution in [3.63, 3.8) is 0 Å². The molecule has 11 heavy (non-hydrogen) atoms. The van der Waals surface area contributed by atoms with Crippen molar-refractivity contribution >= 4 is 11.6 Å². The van der Waals surface area contributed by atoms with Crippen molar-refractivity contribution < 1.29 is 4.42 Å². The molecule has 0 N–H and O–H groups in total. The maximum Gasteiger partial charge on any atom is 0.209 e. The molecular formula is C8H10ClNO. The fraction of sp³-hybridized carbons (Fsp3) is 0.625. The summed E-state index contributed by atoms with van der Waals surface area (Å²) in [6.07, 6.45) is 3.03. The van der Waals surface area contributed by atoms with Crippen LogP contribution in [0.2, 0.25) is 0 Å². The first-order chi connectivity index (χ1) is 5.31. The number of alkyl halides is 1. The van der Waals surface area contributed by atoms with Gasteiger partial charge in [-0.05, 0) is 12.3 Å². The van der Waals surface area contributed by atoms with E-state index in [1.54, 1.807) is 6.20 Å². The fourth-order valence-electron chi connectivity index (χ4n) is 1.28. The van der Waals surface area contributed by atoms with Crippen LogP contribution in [0.15, 0.2) is 10.6 Å². The first-order valence-electron chi connectivity index (χ1n) is 3.82. The molecule has 0 spiro atoms. The van der Waals surface area contributed by atoms with Gasteiger partial charge in [0.05, 0.1) is 12.1 Å². The van der Waals surface area contributed by atoms with Crippen LogP contribution in [0, 0.1) is 5.92 Å². The van der Waals surface area contributed by atoms with Crippen LogP contribution < -0.4 is 0 Å². The smallest absolute Gasteiger partial charge is 0.209 e. The van der Waals surface area contributed by atoms with Crippen LogP contribution in [-0.2, 0) is 5.88 Å². The molecule has 1 aromatic heterocycles. The van der Waals surface area contributed by atoms with Gasteiger partial charge in [-0.2, -0.15) is 0 Å².